The maximum Gasteiger partial charge on any atom is 0.340 e. The topological polar surface area (TPSA) is 110 Å². The molecule has 0 unspecified atom stereocenters. The number of rotatable bonds is 7. The lowest BCUT2D eigenvalue weighted by molar-refractivity contribution is -0.141. The van der Waals surface area contributed by atoms with Crippen LogP contribution < -0.4 is 10.9 Å². The molecule has 2 aromatic heterocycles. The van der Waals surface area contributed by atoms with Crippen LogP contribution >= 0.6 is 0 Å². The minimum absolute atomic E-state index is 0.132. The number of nitrogens with one attached hydrogen (secondary N) is 1. The Balaban J connectivity index is 1.49. The Morgan fingerprint density at radius 1 is 0.892 bits per heavy atom. The van der Waals surface area contributed by atoms with E-state index in [2.05, 4.69) is 5.32 Å². The molecule has 0 spiro atoms. The monoisotopic (exact) mass is 495 g/mol. The van der Waals surface area contributed by atoms with E-state index < -0.39 is 23.5 Å². The van der Waals surface area contributed by atoms with Crippen LogP contribution in [0.3, 0.4) is 0 Å². The lowest BCUT2D eigenvalue weighted by Gasteiger charge is -2.15. The van der Waals surface area contributed by atoms with E-state index in [1.807, 2.05) is 49.4 Å². The molecule has 37 heavy (non-hydrogen) atoms. The average molecular weight is 496 g/mol. The highest BCUT2D eigenvalue weighted by Gasteiger charge is 2.23. The van der Waals surface area contributed by atoms with Crippen molar-refractivity contribution in [1.82, 2.24) is 5.32 Å². The standard InChI is InChI=1S/C30H25NO6/c1-17-21-14-23-26(36-18(2)28(23)20-11-7-4-8-12-20)16-25(21)37-30(35)22(17)15-27(32)31-24(29(33)34)13-19-9-5-3-6-10-19/h3-12,14,16,24H,13,15H2,1-2H3,(H,31,32)(H,33,34)/t24-/m0/s1. The van der Waals surface area contributed by atoms with Gasteiger partial charge in [-0.2, -0.15) is 0 Å². The molecule has 2 heterocycles. The van der Waals surface area contributed by atoms with Crippen LogP contribution in [0.1, 0.15) is 22.5 Å². The maximum atomic E-state index is 12.8. The number of aryl methyl sites for hydroxylation is 2. The van der Waals surface area contributed by atoms with E-state index >= 15 is 0 Å². The summed E-state index contributed by atoms with van der Waals surface area (Å²) in [6.45, 7) is 3.65. The number of aliphatic carboxylic acids is 1. The molecule has 7 nitrogen and oxygen atoms in total. The number of hydrogen-bond acceptors (Lipinski definition) is 5. The number of carboxylic acid groups (broad SMARTS) is 1. The minimum atomic E-state index is -1.15. The molecule has 1 atom stereocenters. The summed E-state index contributed by atoms with van der Waals surface area (Å²) in [7, 11) is 0. The smallest absolute Gasteiger partial charge is 0.340 e. The van der Waals surface area contributed by atoms with Crippen LogP contribution in [0.2, 0.25) is 0 Å². The van der Waals surface area contributed by atoms with Gasteiger partial charge in [0, 0.05) is 28.8 Å². The summed E-state index contributed by atoms with van der Waals surface area (Å²) < 4.78 is 11.5. The zero-order valence-corrected chi connectivity index (χ0v) is 20.4. The average Bonchev–Trinajstić information content (AvgIpc) is 3.20. The number of carbonyl (C=O) groups is 2. The predicted molar refractivity (Wildman–Crippen MR) is 141 cm³/mol. The van der Waals surface area contributed by atoms with Crippen LogP contribution in [0.4, 0.5) is 0 Å². The third-order valence-electron chi connectivity index (χ3n) is 6.59. The molecule has 0 fully saturated rings. The van der Waals surface area contributed by atoms with Gasteiger partial charge < -0.3 is 19.3 Å². The van der Waals surface area contributed by atoms with E-state index in [9.17, 15) is 19.5 Å². The Kier molecular flexibility index (Phi) is 6.36. The van der Waals surface area contributed by atoms with Crippen molar-refractivity contribution < 1.29 is 23.5 Å². The van der Waals surface area contributed by atoms with E-state index in [0.29, 0.717) is 22.1 Å². The minimum Gasteiger partial charge on any atom is -0.480 e. The summed E-state index contributed by atoms with van der Waals surface area (Å²) in [4.78, 5) is 37.5. The van der Waals surface area contributed by atoms with Gasteiger partial charge in [0.2, 0.25) is 5.91 Å². The van der Waals surface area contributed by atoms with Crippen molar-refractivity contribution in [2.75, 3.05) is 0 Å². The molecule has 1 amide bonds. The van der Waals surface area contributed by atoms with E-state index in [1.54, 1.807) is 37.3 Å². The van der Waals surface area contributed by atoms with Crippen molar-refractivity contribution in [3.8, 4) is 11.1 Å². The van der Waals surface area contributed by atoms with Crippen LogP contribution in [0.25, 0.3) is 33.1 Å². The van der Waals surface area contributed by atoms with Gasteiger partial charge in [-0.1, -0.05) is 60.7 Å². The molecular weight excluding hydrogens is 470 g/mol. The highest BCUT2D eigenvalue weighted by atomic mass is 16.4. The Bertz CT molecular complexity index is 1680. The van der Waals surface area contributed by atoms with E-state index in [-0.39, 0.29) is 18.4 Å². The molecule has 5 aromatic rings. The highest BCUT2D eigenvalue weighted by Crippen LogP contribution is 2.37. The Morgan fingerprint density at radius 3 is 2.22 bits per heavy atom. The first-order chi connectivity index (χ1) is 17.8. The fraction of sp³-hybridized carbons (Fsp3) is 0.167. The van der Waals surface area contributed by atoms with Crippen LogP contribution in [0, 0.1) is 13.8 Å². The van der Waals surface area contributed by atoms with Crippen molar-refractivity contribution >= 4 is 33.8 Å². The second-order valence-electron chi connectivity index (χ2n) is 9.06. The van der Waals surface area contributed by atoms with Gasteiger partial charge in [-0.15, -0.1) is 0 Å². The number of hydrogen-bond donors (Lipinski definition) is 2. The molecule has 5 rings (SSSR count). The number of furan rings is 1. The summed E-state index contributed by atoms with van der Waals surface area (Å²) in [5.41, 5.74) is 3.86. The molecule has 7 heteroatoms. The van der Waals surface area contributed by atoms with Crippen molar-refractivity contribution in [1.29, 1.82) is 0 Å². The first kappa shape index (κ1) is 24.1. The van der Waals surface area contributed by atoms with Gasteiger partial charge in [0.1, 0.15) is 23.0 Å². The second kappa shape index (κ2) is 9.78. The quantitative estimate of drug-likeness (QED) is 0.301. The molecule has 0 aliphatic carbocycles. The summed E-state index contributed by atoms with van der Waals surface area (Å²) in [6, 6.07) is 21.4. The lowest BCUT2D eigenvalue weighted by atomic mass is 9.98. The van der Waals surface area contributed by atoms with Crippen molar-refractivity contribution in [3.63, 3.8) is 0 Å². The summed E-state index contributed by atoms with van der Waals surface area (Å²) in [5, 5.41) is 13.7. The fourth-order valence-electron chi connectivity index (χ4n) is 4.73. The Hall–Kier alpha value is -4.65. The maximum absolute atomic E-state index is 12.8. The molecule has 2 N–H and O–H groups in total. The molecule has 0 saturated carbocycles. The first-order valence-electron chi connectivity index (χ1n) is 11.9. The van der Waals surface area contributed by atoms with Crippen LogP contribution in [-0.4, -0.2) is 23.0 Å². The van der Waals surface area contributed by atoms with Gasteiger partial charge in [-0.3, -0.25) is 4.79 Å². The number of benzene rings is 3. The summed E-state index contributed by atoms with van der Waals surface area (Å²) in [5.74, 6) is -0.969. The van der Waals surface area contributed by atoms with Crippen molar-refractivity contribution in [2.24, 2.45) is 0 Å². The number of fused-ring (bicyclic) bond motifs is 2. The number of carbonyl (C=O) groups excluding carboxylic acids is 1. The second-order valence-corrected chi connectivity index (χ2v) is 9.06. The number of carboxylic acids is 1. The van der Waals surface area contributed by atoms with Crippen LogP contribution in [0.5, 0.6) is 0 Å². The SMILES string of the molecule is Cc1oc2cc3oc(=O)c(CC(=O)N[C@@H](Cc4ccccc4)C(=O)O)c(C)c3cc2c1-c1ccccc1. The zero-order chi connectivity index (χ0) is 26.1. The van der Waals surface area contributed by atoms with E-state index in [1.165, 1.54) is 0 Å². The van der Waals surface area contributed by atoms with Crippen molar-refractivity contribution in [3.05, 3.63) is 106 Å². The Labute approximate surface area is 212 Å². The highest BCUT2D eigenvalue weighted by molar-refractivity contribution is 6.03. The molecule has 186 valence electrons. The zero-order valence-electron chi connectivity index (χ0n) is 20.4. The van der Waals surface area contributed by atoms with Gasteiger partial charge in [-0.05, 0) is 36.6 Å². The van der Waals surface area contributed by atoms with Gasteiger partial charge in [-0.25, -0.2) is 9.59 Å². The van der Waals surface area contributed by atoms with E-state index in [4.69, 9.17) is 8.83 Å². The molecule has 0 aliphatic rings. The summed E-state index contributed by atoms with van der Waals surface area (Å²) in [6.07, 6.45) is -0.163. The predicted octanol–water partition coefficient (Wildman–Crippen LogP) is 5.18. The molecule has 0 aliphatic heterocycles. The molecule has 0 saturated heterocycles. The van der Waals surface area contributed by atoms with Crippen LogP contribution in [-0.2, 0) is 22.4 Å². The molecule has 0 bridgehead atoms. The largest absolute Gasteiger partial charge is 0.480 e. The Morgan fingerprint density at radius 2 is 1.54 bits per heavy atom. The normalized spacial score (nSPS) is 12.1. The van der Waals surface area contributed by atoms with E-state index in [0.717, 1.165) is 27.8 Å². The first-order valence-corrected chi connectivity index (χ1v) is 11.9. The third-order valence-corrected chi connectivity index (χ3v) is 6.59. The molecule has 0 radical (unpaired) electrons. The van der Waals surface area contributed by atoms with Gasteiger partial charge in [0.05, 0.1) is 12.0 Å². The molecule has 3 aromatic carbocycles. The lowest BCUT2D eigenvalue weighted by Crippen LogP contribution is -2.43. The van der Waals surface area contributed by atoms with Gasteiger partial charge in [0.25, 0.3) is 0 Å². The third kappa shape index (κ3) is 4.76. The van der Waals surface area contributed by atoms with Crippen LogP contribution in [0.15, 0.2) is 86.4 Å². The fourth-order valence-corrected chi connectivity index (χ4v) is 4.73. The van der Waals surface area contributed by atoms with Gasteiger partial charge in [0.15, 0.2) is 0 Å². The van der Waals surface area contributed by atoms with Crippen molar-refractivity contribution in [2.45, 2.75) is 32.7 Å². The van der Waals surface area contributed by atoms with Gasteiger partial charge >= 0.3 is 11.6 Å². The summed E-state index contributed by atoms with van der Waals surface area (Å²) >= 11 is 0. The molecular formula is C30H25NO6. The number of amides is 1.